The van der Waals surface area contributed by atoms with Crippen LogP contribution in [0.1, 0.15) is 24.6 Å². The van der Waals surface area contributed by atoms with Gasteiger partial charge in [0.1, 0.15) is 11.0 Å². The molecule has 2 N–H and O–H groups in total. The summed E-state index contributed by atoms with van der Waals surface area (Å²) in [7, 11) is -3.38. The first-order valence-electron chi connectivity index (χ1n) is 9.79. The van der Waals surface area contributed by atoms with E-state index >= 15 is 0 Å². The number of rotatable bonds is 8. The number of anilines is 2. The fraction of sp³-hybridized carbons (Fsp3) is 0.182. The number of amides is 1. The van der Waals surface area contributed by atoms with Crippen LogP contribution in [-0.4, -0.2) is 29.9 Å². The summed E-state index contributed by atoms with van der Waals surface area (Å²) in [6.07, 6.45) is 3.39. The Hall–Kier alpha value is -3.17. The molecule has 2 aromatic carbocycles. The number of benzene rings is 2. The SMILES string of the molecule is CCCS(=O)(=O)Nc1ccc(NC(=O)/C=C/c2c(C)nn(-c3ccc(F)cc3)c2Cl)cc1. The summed E-state index contributed by atoms with van der Waals surface area (Å²) in [5.74, 6) is -0.720. The van der Waals surface area contributed by atoms with Gasteiger partial charge >= 0.3 is 0 Å². The maximum absolute atomic E-state index is 13.2. The molecule has 7 nitrogen and oxygen atoms in total. The van der Waals surface area contributed by atoms with E-state index in [9.17, 15) is 17.6 Å². The van der Waals surface area contributed by atoms with Gasteiger partial charge in [0, 0.05) is 23.0 Å². The van der Waals surface area contributed by atoms with Crippen molar-refractivity contribution in [3.8, 4) is 5.69 Å². The molecule has 0 saturated carbocycles. The topological polar surface area (TPSA) is 93.1 Å². The Bertz CT molecular complexity index is 1240. The number of nitrogens with zero attached hydrogens (tertiary/aromatic N) is 2. The smallest absolute Gasteiger partial charge is 0.248 e. The van der Waals surface area contributed by atoms with Crippen LogP contribution in [0.25, 0.3) is 11.8 Å². The molecule has 1 heterocycles. The number of aromatic nitrogens is 2. The number of sulfonamides is 1. The molecule has 3 rings (SSSR count). The van der Waals surface area contributed by atoms with Crippen LogP contribution >= 0.6 is 11.6 Å². The minimum Gasteiger partial charge on any atom is -0.323 e. The molecule has 1 aromatic heterocycles. The monoisotopic (exact) mass is 476 g/mol. The van der Waals surface area contributed by atoms with E-state index in [2.05, 4.69) is 15.1 Å². The maximum Gasteiger partial charge on any atom is 0.248 e. The normalized spacial score (nSPS) is 11.6. The second kappa shape index (κ2) is 9.97. The summed E-state index contributed by atoms with van der Waals surface area (Å²) in [6.45, 7) is 3.54. The first-order valence-corrected chi connectivity index (χ1v) is 11.8. The van der Waals surface area contributed by atoms with Crippen molar-refractivity contribution in [1.82, 2.24) is 9.78 Å². The molecule has 0 aliphatic heterocycles. The highest BCUT2D eigenvalue weighted by molar-refractivity contribution is 7.92. The van der Waals surface area contributed by atoms with Gasteiger partial charge in [0.25, 0.3) is 0 Å². The Morgan fingerprint density at radius 3 is 2.38 bits per heavy atom. The Labute approximate surface area is 191 Å². The molecule has 0 radical (unpaired) electrons. The van der Waals surface area contributed by atoms with Crippen molar-refractivity contribution in [2.45, 2.75) is 20.3 Å². The number of hydrogen-bond acceptors (Lipinski definition) is 4. The van der Waals surface area contributed by atoms with Crippen LogP contribution in [0.4, 0.5) is 15.8 Å². The van der Waals surface area contributed by atoms with Crippen molar-refractivity contribution < 1.29 is 17.6 Å². The predicted octanol–water partition coefficient (Wildman–Crippen LogP) is 4.78. The number of carbonyl (C=O) groups is 1. The lowest BCUT2D eigenvalue weighted by Crippen LogP contribution is -2.16. The highest BCUT2D eigenvalue weighted by Gasteiger charge is 2.13. The molecule has 10 heteroatoms. The summed E-state index contributed by atoms with van der Waals surface area (Å²) in [6, 6.07) is 12.1. The first-order chi connectivity index (χ1) is 15.2. The minimum absolute atomic E-state index is 0.0377. The number of aryl methyl sites for hydroxylation is 1. The Morgan fingerprint density at radius 2 is 1.75 bits per heavy atom. The standard InChI is InChI=1S/C22H22ClFN4O3S/c1-3-14-32(30,31)27-18-8-6-17(7-9-18)25-21(29)13-12-20-15(2)26-28(22(20)23)19-10-4-16(24)5-11-19/h4-13,27H,3,14H2,1-2H3,(H,25,29)/b13-12+. The molecule has 32 heavy (non-hydrogen) atoms. The quantitative estimate of drug-likeness (QED) is 0.458. The molecule has 0 bridgehead atoms. The maximum atomic E-state index is 13.2. The van der Waals surface area contributed by atoms with E-state index in [-0.39, 0.29) is 11.6 Å². The molecule has 0 fully saturated rings. The lowest BCUT2D eigenvalue weighted by Gasteiger charge is -2.08. The molecule has 3 aromatic rings. The third-order valence-electron chi connectivity index (χ3n) is 4.42. The Kier molecular flexibility index (Phi) is 7.32. The lowest BCUT2D eigenvalue weighted by molar-refractivity contribution is -0.111. The summed E-state index contributed by atoms with van der Waals surface area (Å²) >= 11 is 6.41. The van der Waals surface area contributed by atoms with Crippen molar-refractivity contribution in [2.24, 2.45) is 0 Å². The summed E-state index contributed by atoms with van der Waals surface area (Å²) in [5, 5.41) is 7.34. The van der Waals surface area contributed by atoms with Crippen LogP contribution in [0.5, 0.6) is 0 Å². The molecule has 0 atom stereocenters. The Morgan fingerprint density at radius 1 is 1.12 bits per heavy atom. The van der Waals surface area contributed by atoms with E-state index in [1.807, 2.05) is 0 Å². The number of halogens is 2. The van der Waals surface area contributed by atoms with Crippen LogP contribution in [-0.2, 0) is 14.8 Å². The van der Waals surface area contributed by atoms with Gasteiger partial charge in [-0.1, -0.05) is 18.5 Å². The van der Waals surface area contributed by atoms with Gasteiger partial charge in [0.15, 0.2) is 0 Å². The zero-order valence-corrected chi connectivity index (χ0v) is 19.0. The van der Waals surface area contributed by atoms with Crippen molar-refractivity contribution in [3.63, 3.8) is 0 Å². The van der Waals surface area contributed by atoms with Crippen LogP contribution < -0.4 is 10.0 Å². The van der Waals surface area contributed by atoms with Crippen molar-refractivity contribution in [1.29, 1.82) is 0 Å². The average molecular weight is 477 g/mol. The van der Waals surface area contributed by atoms with Gasteiger partial charge in [-0.15, -0.1) is 0 Å². The lowest BCUT2D eigenvalue weighted by atomic mass is 10.2. The minimum atomic E-state index is -3.38. The van der Waals surface area contributed by atoms with Crippen molar-refractivity contribution >= 4 is 45.0 Å². The van der Waals surface area contributed by atoms with Crippen LogP contribution in [0.3, 0.4) is 0 Å². The fourth-order valence-electron chi connectivity index (χ4n) is 2.92. The van der Waals surface area contributed by atoms with E-state index < -0.39 is 15.9 Å². The van der Waals surface area contributed by atoms with E-state index in [0.717, 1.165) is 0 Å². The molecular weight excluding hydrogens is 455 g/mol. The van der Waals surface area contributed by atoms with E-state index in [1.54, 1.807) is 56.3 Å². The van der Waals surface area contributed by atoms with Gasteiger partial charge in [-0.2, -0.15) is 5.10 Å². The van der Waals surface area contributed by atoms with Gasteiger partial charge in [0.2, 0.25) is 15.9 Å². The zero-order valence-electron chi connectivity index (χ0n) is 17.5. The molecular formula is C22H22ClFN4O3S. The molecule has 0 unspecified atom stereocenters. The van der Waals surface area contributed by atoms with Gasteiger partial charge in [0.05, 0.1) is 17.1 Å². The highest BCUT2D eigenvalue weighted by atomic mass is 35.5. The summed E-state index contributed by atoms with van der Waals surface area (Å²) in [4.78, 5) is 12.3. The second-order valence-corrected chi connectivity index (χ2v) is 9.20. The molecule has 0 saturated heterocycles. The molecule has 1 amide bonds. The van der Waals surface area contributed by atoms with Crippen LogP contribution in [0.2, 0.25) is 5.15 Å². The number of nitrogens with one attached hydrogen (secondary N) is 2. The fourth-order valence-corrected chi connectivity index (χ4v) is 4.39. The van der Waals surface area contributed by atoms with Gasteiger partial charge in [-0.3, -0.25) is 9.52 Å². The highest BCUT2D eigenvalue weighted by Crippen LogP contribution is 2.25. The van der Waals surface area contributed by atoms with Crippen LogP contribution in [0, 0.1) is 12.7 Å². The molecule has 168 valence electrons. The van der Waals surface area contributed by atoms with Gasteiger partial charge in [-0.05, 0) is 68.0 Å². The van der Waals surface area contributed by atoms with Gasteiger partial charge < -0.3 is 5.32 Å². The third-order valence-corrected chi connectivity index (χ3v) is 6.28. The molecule has 0 aliphatic carbocycles. The first kappa shape index (κ1) is 23.5. The number of hydrogen-bond donors (Lipinski definition) is 2. The van der Waals surface area contributed by atoms with Crippen LogP contribution in [0.15, 0.2) is 54.6 Å². The summed E-state index contributed by atoms with van der Waals surface area (Å²) in [5.41, 5.74) is 2.68. The van der Waals surface area contributed by atoms with Crippen molar-refractivity contribution in [3.05, 3.63) is 76.8 Å². The van der Waals surface area contributed by atoms with Gasteiger partial charge in [-0.25, -0.2) is 17.5 Å². The van der Waals surface area contributed by atoms with E-state index in [4.69, 9.17) is 11.6 Å². The molecule has 0 spiro atoms. The Balaban J connectivity index is 1.68. The zero-order chi connectivity index (χ0) is 23.3. The summed E-state index contributed by atoms with van der Waals surface area (Å²) < 4.78 is 40.7. The third kappa shape index (κ3) is 5.95. The average Bonchev–Trinajstić information content (AvgIpc) is 3.02. The number of carbonyl (C=O) groups excluding carboxylic acids is 1. The molecule has 0 aliphatic rings. The van der Waals surface area contributed by atoms with Crippen molar-refractivity contribution in [2.75, 3.05) is 15.8 Å². The largest absolute Gasteiger partial charge is 0.323 e. The predicted molar refractivity (Wildman–Crippen MR) is 125 cm³/mol. The van der Waals surface area contributed by atoms with E-state index in [0.29, 0.717) is 39.9 Å². The van der Waals surface area contributed by atoms with E-state index in [1.165, 1.54) is 22.9 Å². The second-order valence-electron chi connectivity index (χ2n) is 7.00.